The van der Waals surface area contributed by atoms with Gasteiger partial charge >= 0.3 is 6.18 Å². The molecule has 0 aliphatic carbocycles. The molecule has 174 valence electrons. The number of hydrogen-bond donors (Lipinski definition) is 2. The van der Waals surface area contributed by atoms with Crippen molar-refractivity contribution < 1.29 is 22.7 Å². The van der Waals surface area contributed by atoms with E-state index in [-0.39, 0.29) is 11.9 Å². The molecule has 3 rings (SSSR count). The molecule has 33 heavy (non-hydrogen) atoms. The van der Waals surface area contributed by atoms with Crippen LogP contribution in [-0.2, 0) is 17.4 Å². The molecular weight excluding hydrogens is 431 g/mol. The standard InChI is InChI=1S/C25H26F3N3O2/c1-29-24(32)23(18-6-4-3-5-7-18)31-21(19-14-15-30-22(16-19)33-2)13-10-17-8-11-20(12-9-17)25(26,27)28/h3-9,11-12,14-16,21,23,31H,10,13H2,1-2H3,(H,29,32)/t21-,23-/m1/s1. The van der Waals surface area contributed by atoms with Crippen molar-refractivity contribution in [3.8, 4) is 5.88 Å². The summed E-state index contributed by atoms with van der Waals surface area (Å²) in [6.07, 6.45) is -1.69. The zero-order valence-electron chi connectivity index (χ0n) is 18.4. The molecule has 8 heteroatoms. The van der Waals surface area contributed by atoms with Gasteiger partial charge in [0.1, 0.15) is 6.04 Å². The van der Waals surface area contributed by atoms with Gasteiger partial charge in [0.2, 0.25) is 11.8 Å². The fourth-order valence-electron chi connectivity index (χ4n) is 3.59. The molecule has 1 aromatic heterocycles. The van der Waals surface area contributed by atoms with Gasteiger partial charge in [0.05, 0.1) is 12.7 Å². The van der Waals surface area contributed by atoms with Gasteiger partial charge in [-0.2, -0.15) is 13.2 Å². The van der Waals surface area contributed by atoms with Gasteiger partial charge in [-0.05, 0) is 47.7 Å². The Hall–Kier alpha value is -3.39. The predicted molar refractivity (Wildman–Crippen MR) is 120 cm³/mol. The van der Waals surface area contributed by atoms with Crippen molar-refractivity contribution in [2.45, 2.75) is 31.1 Å². The molecule has 2 N–H and O–H groups in total. The number of carbonyl (C=O) groups is 1. The van der Waals surface area contributed by atoms with Crippen LogP contribution in [0.5, 0.6) is 5.88 Å². The van der Waals surface area contributed by atoms with E-state index in [0.717, 1.165) is 28.8 Å². The van der Waals surface area contributed by atoms with E-state index in [9.17, 15) is 18.0 Å². The molecule has 0 aliphatic heterocycles. The van der Waals surface area contributed by atoms with Crippen molar-refractivity contribution in [1.29, 1.82) is 0 Å². The number of nitrogens with one attached hydrogen (secondary N) is 2. The number of nitrogens with zero attached hydrogens (tertiary/aromatic N) is 1. The third-order valence-corrected chi connectivity index (χ3v) is 5.38. The first-order chi connectivity index (χ1) is 15.8. The van der Waals surface area contributed by atoms with Crippen molar-refractivity contribution >= 4 is 5.91 Å². The van der Waals surface area contributed by atoms with Crippen LogP contribution in [0, 0.1) is 0 Å². The lowest BCUT2D eigenvalue weighted by Crippen LogP contribution is -2.38. The Balaban J connectivity index is 1.86. The molecule has 0 saturated carbocycles. The van der Waals surface area contributed by atoms with Crippen molar-refractivity contribution in [1.82, 2.24) is 15.6 Å². The van der Waals surface area contributed by atoms with Crippen LogP contribution in [0.3, 0.4) is 0 Å². The number of aromatic nitrogens is 1. The van der Waals surface area contributed by atoms with E-state index >= 15 is 0 Å². The summed E-state index contributed by atoms with van der Waals surface area (Å²) in [6, 6.07) is 17.2. The first-order valence-corrected chi connectivity index (χ1v) is 10.5. The van der Waals surface area contributed by atoms with Crippen LogP contribution in [0.4, 0.5) is 13.2 Å². The van der Waals surface area contributed by atoms with Crippen molar-refractivity contribution in [3.05, 3.63) is 95.2 Å². The van der Waals surface area contributed by atoms with Gasteiger partial charge in [0.15, 0.2) is 0 Å². The SMILES string of the molecule is CNC(=O)[C@H](N[C@H](CCc1ccc(C(F)(F)F)cc1)c1ccnc(OC)c1)c1ccccc1. The van der Waals surface area contributed by atoms with Crippen molar-refractivity contribution in [2.75, 3.05) is 14.2 Å². The smallest absolute Gasteiger partial charge is 0.416 e. The maximum absolute atomic E-state index is 12.9. The number of halogens is 3. The molecule has 0 radical (unpaired) electrons. The molecule has 2 atom stereocenters. The average Bonchev–Trinajstić information content (AvgIpc) is 2.84. The Morgan fingerprint density at radius 2 is 1.73 bits per heavy atom. The minimum atomic E-state index is -4.37. The second-order valence-electron chi connectivity index (χ2n) is 7.54. The number of amides is 1. The molecule has 1 amide bonds. The third-order valence-electron chi connectivity index (χ3n) is 5.38. The highest BCUT2D eigenvalue weighted by molar-refractivity contribution is 5.83. The highest BCUT2D eigenvalue weighted by Crippen LogP contribution is 2.30. The highest BCUT2D eigenvalue weighted by Gasteiger charge is 2.30. The first-order valence-electron chi connectivity index (χ1n) is 10.5. The summed E-state index contributed by atoms with van der Waals surface area (Å²) in [5.74, 6) is 0.242. The van der Waals surface area contributed by atoms with E-state index in [4.69, 9.17) is 4.74 Å². The van der Waals surface area contributed by atoms with Crippen LogP contribution in [0.2, 0.25) is 0 Å². The minimum absolute atomic E-state index is 0.193. The number of ether oxygens (including phenoxy) is 1. The van der Waals surface area contributed by atoms with Crippen LogP contribution in [0.15, 0.2) is 72.9 Å². The van der Waals surface area contributed by atoms with Crippen molar-refractivity contribution in [2.24, 2.45) is 0 Å². The fraction of sp³-hybridized carbons (Fsp3) is 0.280. The topological polar surface area (TPSA) is 63.2 Å². The summed E-state index contributed by atoms with van der Waals surface area (Å²) >= 11 is 0. The zero-order chi connectivity index (χ0) is 23.8. The molecule has 5 nitrogen and oxygen atoms in total. The van der Waals surface area contributed by atoms with Gasteiger partial charge in [-0.1, -0.05) is 42.5 Å². The maximum Gasteiger partial charge on any atom is 0.416 e. The van der Waals surface area contributed by atoms with E-state index in [2.05, 4.69) is 15.6 Å². The Bertz CT molecular complexity index is 1040. The quantitative estimate of drug-likeness (QED) is 0.482. The molecule has 3 aromatic rings. The molecule has 0 aliphatic rings. The van der Waals surface area contributed by atoms with Crippen molar-refractivity contribution in [3.63, 3.8) is 0 Å². The second kappa shape index (κ2) is 11.0. The highest BCUT2D eigenvalue weighted by atomic mass is 19.4. The summed E-state index contributed by atoms with van der Waals surface area (Å²) in [4.78, 5) is 16.8. The number of carbonyl (C=O) groups excluding carboxylic acids is 1. The Kier molecular flexibility index (Phi) is 8.06. The number of methoxy groups -OCH3 is 1. The fourth-order valence-corrected chi connectivity index (χ4v) is 3.59. The average molecular weight is 457 g/mol. The predicted octanol–water partition coefficient (Wildman–Crippen LogP) is 4.86. The van der Waals surface area contributed by atoms with Gasteiger partial charge < -0.3 is 10.1 Å². The number of aryl methyl sites for hydroxylation is 1. The van der Waals surface area contributed by atoms with E-state index in [1.54, 1.807) is 19.3 Å². The van der Waals surface area contributed by atoms with E-state index in [1.807, 2.05) is 36.4 Å². The second-order valence-corrected chi connectivity index (χ2v) is 7.54. The number of pyridine rings is 1. The van der Waals surface area contributed by atoms with Crippen LogP contribution < -0.4 is 15.4 Å². The van der Waals surface area contributed by atoms with Crippen LogP contribution in [0.1, 0.15) is 40.8 Å². The van der Waals surface area contributed by atoms with Crippen LogP contribution in [-0.4, -0.2) is 25.0 Å². The number of alkyl halides is 3. The van der Waals surface area contributed by atoms with Crippen LogP contribution >= 0.6 is 0 Å². The summed E-state index contributed by atoms with van der Waals surface area (Å²) in [5.41, 5.74) is 1.76. The number of rotatable bonds is 9. The zero-order valence-corrected chi connectivity index (χ0v) is 18.4. The van der Waals surface area contributed by atoms with E-state index in [1.165, 1.54) is 19.2 Å². The molecular formula is C25H26F3N3O2. The molecule has 0 unspecified atom stereocenters. The largest absolute Gasteiger partial charge is 0.481 e. The molecule has 0 spiro atoms. The van der Waals surface area contributed by atoms with Gasteiger partial charge in [0, 0.05) is 25.4 Å². The Labute approximate surface area is 191 Å². The number of benzene rings is 2. The minimum Gasteiger partial charge on any atom is -0.481 e. The number of hydrogen-bond acceptors (Lipinski definition) is 4. The van der Waals surface area contributed by atoms with Gasteiger partial charge in [-0.25, -0.2) is 4.98 Å². The van der Waals surface area contributed by atoms with Gasteiger partial charge in [-0.3, -0.25) is 10.1 Å². The van der Waals surface area contributed by atoms with Crippen LogP contribution in [0.25, 0.3) is 0 Å². The summed E-state index contributed by atoms with van der Waals surface area (Å²) in [5, 5.41) is 6.11. The maximum atomic E-state index is 12.9. The summed E-state index contributed by atoms with van der Waals surface area (Å²) in [6.45, 7) is 0. The van der Waals surface area contributed by atoms with E-state index in [0.29, 0.717) is 18.7 Å². The monoisotopic (exact) mass is 457 g/mol. The summed E-state index contributed by atoms with van der Waals surface area (Å²) in [7, 11) is 3.10. The first kappa shape index (κ1) is 24.3. The number of likely N-dealkylation sites (N-methyl/N-ethyl adjacent to an activating group) is 1. The lowest BCUT2D eigenvalue weighted by Gasteiger charge is -2.26. The molecule has 2 aromatic carbocycles. The lowest BCUT2D eigenvalue weighted by atomic mass is 9.96. The van der Waals surface area contributed by atoms with E-state index < -0.39 is 17.8 Å². The normalized spacial score (nSPS) is 13.2. The Morgan fingerprint density at radius 3 is 2.33 bits per heavy atom. The molecule has 0 saturated heterocycles. The van der Waals surface area contributed by atoms with Gasteiger partial charge in [-0.15, -0.1) is 0 Å². The molecule has 0 bridgehead atoms. The molecule has 0 fully saturated rings. The lowest BCUT2D eigenvalue weighted by molar-refractivity contribution is -0.137. The Morgan fingerprint density at radius 1 is 1.03 bits per heavy atom. The third kappa shape index (κ3) is 6.55. The molecule has 1 heterocycles. The van der Waals surface area contributed by atoms with Gasteiger partial charge in [0.25, 0.3) is 0 Å². The summed E-state index contributed by atoms with van der Waals surface area (Å²) < 4.78 is 43.9.